The van der Waals surface area contributed by atoms with Gasteiger partial charge >= 0.3 is 0 Å². The summed E-state index contributed by atoms with van der Waals surface area (Å²) in [5.41, 5.74) is 6.13. The molecule has 0 aromatic carbocycles. The summed E-state index contributed by atoms with van der Waals surface area (Å²) in [6.45, 7) is 12.0. The van der Waals surface area contributed by atoms with Crippen LogP contribution >= 0.6 is 0 Å². The molecule has 0 spiro atoms. The van der Waals surface area contributed by atoms with E-state index in [0.717, 1.165) is 19.6 Å². The van der Waals surface area contributed by atoms with E-state index in [4.69, 9.17) is 5.73 Å². The second-order valence-electron chi connectivity index (χ2n) is 5.35. The lowest BCUT2D eigenvalue weighted by Gasteiger charge is -2.44. The molecule has 98 valence electrons. The Hall–Kier alpha value is -0.120. The summed E-state index contributed by atoms with van der Waals surface area (Å²) in [6.07, 6.45) is 2.37. The fourth-order valence-electron chi connectivity index (χ4n) is 2.75. The molecule has 2 unspecified atom stereocenters. The highest BCUT2D eigenvalue weighted by molar-refractivity contribution is 4.89. The molecular formula is C13H31N3. The lowest BCUT2D eigenvalue weighted by atomic mass is 9.92. The Morgan fingerprint density at radius 3 is 2.12 bits per heavy atom. The van der Waals surface area contributed by atoms with Crippen LogP contribution in [0.25, 0.3) is 0 Å². The summed E-state index contributed by atoms with van der Waals surface area (Å²) in [7, 11) is 4.26. The third-order valence-corrected chi connectivity index (χ3v) is 3.42. The van der Waals surface area contributed by atoms with Crippen LogP contribution in [0.4, 0.5) is 0 Å². The zero-order chi connectivity index (χ0) is 12.8. The van der Waals surface area contributed by atoms with E-state index in [2.05, 4.69) is 51.6 Å². The van der Waals surface area contributed by atoms with Crippen molar-refractivity contribution in [3.8, 4) is 0 Å². The number of hydrogen-bond acceptors (Lipinski definition) is 3. The van der Waals surface area contributed by atoms with Crippen LogP contribution in [-0.4, -0.2) is 55.1 Å². The molecule has 0 saturated heterocycles. The number of nitrogens with two attached hydrogens (primary N) is 1. The first-order chi connectivity index (χ1) is 7.41. The summed E-state index contributed by atoms with van der Waals surface area (Å²) in [5, 5.41) is 0. The molecular weight excluding hydrogens is 198 g/mol. The smallest absolute Gasteiger partial charge is 0.0306 e. The van der Waals surface area contributed by atoms with Gasteiger partial charge in [-0.15, -0.1) is 0 Å². The van der Waals surface area contributed by atoms with Gasteiger partial charge in [0.1, 0.15) is 0 Å². The Morgan fingerprint density at radius 2 is 1.81 bits per heavy atom. The molecule has 0 aromatic rings. The van der Waals surface area contributed by atoms with Crippen molar-refractivity contribution in [3.05, 3.63) is 0 Å². The van der Waals surface area contributed by atoms with E-state index in [9.17, 15) is 0 Å². The molecule has 0 radical (unpaired) electrons. The quantitative estimate of drug-likeness (QED) is 0.688. The normalized spacial score (nSPS) is 17.8. The largest absolute Gasteiger partial charge is 0.329 e. The first-order valence-electron chi connectivity index (χ1n) is 6.52. The van der Waals surface area contributed by atoms with Gasteiger partial charge in [-0.25, -0.2) is 0 Å². The third kappa shape index (κ3) is 4.40. The minimum atomic E-state index is 0.152. The summed E-state index contributed by atoms with van der Waals surface area (Å²) >= 11 is 0. The molecule has 0 heterocycles. The standard InChI is InChI=1S/C13H31N3/c1-7-9-13(4,11-14)16(8-2)12(3)10-15(5)6/h12H,7-11,14H2,1-6H3. The predicted molar refractivity (Wildman–Crippen MR) is 72.8 cm³/mol. The van der Waals surface area contributed by atoms with Crippen molar-refractivity contribution in [2.24, 2.45) is 5.73 Å². The summed E-state index contributed by atoms with van der Waals surface area (Å²) in [4.78, 5) is 4.80. The van der Waals surface area contributed by atoms with Crippen LogP contribution in [0.1, 0.15) is 40.5 Å². The van der Waals surface area contributed by atoms with Crippen molar-refractivity contribution >= 4 is 0 Å². The van der Waals surface area contributed by atoms with E-state index in [1.807, 2.05) is 0 Å². The average Bonchev–Trinajstić information content (AvgIpc) is 2.17. The fraction of sp³-hybridized carbons (Fsp3) is 1.00. The third-order valence-electron chi connectivity index (χ3n) is 3.42. The van der Waals surface area contributed by atoms with Crippen LogP contribution in [-0.2, 0) is 0 Å². The van der Waals surface area contributed by atoms with E-state index in [-0.39, 0.29) is 5.54 Å². The Bertz CT molecular complexity index is 182. The zero-order valence-electron chi connectivity index (χ0n) is 12.1. The second-order valence-corrected chi connectivity index (χ2v) is 5.35. The molecule has 0 aromatic heterocycles. The molecule has 0 bridgehead atoms. The molecule has 3 nitrogen and oxygen atoms in total. The van der Waals surface area contributed by atoms with Crippen LogP contribution in [0, 0.1) is 0 Å². The predicted octanol–water partition coefficient (Wildman–Crippen LogP) is 1.78. The lowest BCUT2D eigenvalue weighted by Crippen LogP contribution is -2.57. The van der Waals surface area contributed by atoms with Crippen molar-refractivity contribution in [2.45, 2.75) is 52.1 Å². The molecule has 3 heteroatoms. The van der Waals surface area contributed by atoms with Crippen molar-refractivity contribution in [1.29, 1.82) is 0 Å². The van der Waals surface area contributed by atoms with Crippen LogP contribution in [0.3, 0.4) is 0 Å². The van der Waals surface area contributed by atoms with E-state index < -0.39 is 0 Å². The van der Waals surface area contributed by atoms with Gasteiger partial charge in [0, 0.05) is 24.7 Å². The van der Waals surface area contributed by atoms with E-state index in [1.165, 1.54) is 12.8 Å². The van der Waals surface area contributed by atoms with Crippen LogP contribution in [0.15, 0.2) is 0 Å². The minimum Gasteiger partial charge on any atom is -0.329 e. The molecule has 16 heavy (non-hydrogen) atoms. The van der Waals surface area contributed by atoms with E-state index in [1.54, 1.807) is 0 Å². The van der Waals surface area contributed by atoms with Crippen molar-refractivity contribution in [2.75, 3.05) is 33.7 Å². The van der Waals surface area contributed by atoms with Gasteiger partial charge in [0.2, 0.25) is 0 Å². The lowest BCUT2D eigenvalue weighted by molar-refractivity contribution is 0.0543. The minimum absolute atomic E-state index is 0.152. The Labute approximate surface area is 102 Å². The topological polar surface area (TPSA) is 32.5 Å². The first-order valence-corrected chi connectivity index (χ1v) is 6.52. The van der Waals surface area contributed by atoms with Crippen molar-refractivity contribution < 1.29 is 0 Å². The highest BCUT2D eigenvalue weighted by Gasteiger charge is 2.31. The van der Waals surface area contributed by atoms with Gasteiger partial charge in [-0.1, -0.05) is 20.3 Å². The van der Waals surface area contributed by atoms with Crippen LogP contribution in [0.2, 0.25) is 0 Å². The Morgan fingerprint density at radius 1 is 1.25 bits per heavy atom. The molecule has 0 aliphatic heterocycles. The number of rotatable bonds is 8. The highest BCUT2D eigenvalue weighted by atomic mass is 15.3. The second kappa shape index (κ2) is 7.25. The Balaban J connectivity index is 4.65. The van der Waals surface area contributed by atoms with Crippen molar-refractivity contribution in [1.82, 2.24) is 9.80 Å². The molecule has 2 N–H and O–H groups in total. The molecule has 0 saturated carbocycles. The molecule has 2 atom stereocenters. The zero-order valence-corrected chi connectivity index (χ0v) is 12.1. The van der Waals surface area contributed by atoms with Gasteiger partial charge in [0.15, 0.2) is 0 Å². The molecule has 0 amide bonds. The molecule has 0 aliphatic rings. The Kier molecular flexibility index (Phi) is 7.20. The molecule has 0 fully saturated rings. The first kappa shape index (κ1) is 15.9. The van der Waals surface area contributed by atoms with Gasteiger partial charge in [-0.05, 0) is 40.9 Å². The van der Waals surface area contributed by atoms with Gasteiger partial charge in [0.05, 0.1) is 0 Å². The summed E-state index contributed by atoms with van der Waals surface area (Å²) in [6, 6.07) is 0.556. The van der Waals surface area contributed by atoms with Crippen LogP contribution in [0.5, 0.6) is 0 Å². The fourth-order valence-corrected chi connectivity index (χ4v) is 2.75. The number of nitrogens with zero attached hydrogens (tertiary/aromatic N) is 2. The van der Waals surface area contributed by atoms with Crippen LogP contribution < -0.4 is 5.73 Å². The number of likely N-dealkylation sites (N-methyl/N-ethyl adjacent to an activating group) is 2. The van der Waals surface area contributed by atoms with Gasteiger partial charge in [0.25, 0.3) is 0 Å². The number of hydrogen-bond donors (Lipinski definition) is 1. The van der Waals surface area contributed by atoms with Gasteiger partial charge in [-0.2, -0.15) is 0 Å². The van der Waals surface area contributed by atoms with Crippen molar-refractivity contribution in [3.63, 3.8) is 0 Å². The summed E-state index contributed by atoms with van der Waals surface area (Å²) < 4.78 is 0. The molecule has 0 aliphatic carbocycles. The maximum Gasteiger partial charge on any atom is 0.0306 e. The monoisotopic (exact) mass is 229 g/mol. The highest BCUT2D eigenvalue weighted by Crippen LogP contribution is 2.22. The van der Waals surface area contributed by atoms with E-state index in [0.29, 0.717) is 6.04 Å². The van der Waals surface area contributed by atoms with Gasteiger partial charge in [-0.3, -0.25) is 4.90 Å². The maximum absolute atomic E-state index is 5.98. The molecule has 0 rings (SSSR count). The average molecular weight is 229 g/mol. The SMILES string of the molecule is CCCC(C)(CN)N(CC)C(C)CN(C)C. The maximum atomic E-state index is 5.98. The van der Waals surface area contributed by atoms with E-state index >= 15 is 0 Å². The summed E-state index contributed by atoms with van der Waals surface area (Å²) in [5.74, 6) is 0. The van der Waals surface area contributed by atoms with Gasteiger partial charge < -0.3 is 10.6 Å².